The molecule has 0 aliphatic rings. The average molecular weight is 237 g/mol. The second-order valence-electron chi connectivity index (χ2n) is 3.73. The molecule has 98 valence electrons. The molecule has 6 nitrogen and oxygen atoms in total. The van der Waals surface area contributed by atoms with E-state index in [1.165, 1.54) is 14.0 Å². The maximum absolute atomic E-state index is 9.64. The fourth-order valence-corrected chi connectivity index (χ4v) is 1.28. The number of ether oxygens (including phenoxy) is 2. The number of hydrogen-bond acceptors (Lipinski definition) is 6. The van der Waals surface area contributed by atoms with Gasteiger partial charge in [-0.1, -0.05) is 6.92 Å². The Balaban J connectivity index is 4.10. The highest BCUT2D eigenvalue weighted by Crippen LogP contribution is 2.06. The van der Waals surface area contributed by atoms with Crippen molar-refractivity contribution in [1.82, 2.24) is 5.06 Å². The SMILES string of the molecule is CCCOC(C(C)O)N(O)CC(O)COC. The monoisotopic (exact) mass is 237 g/mol. The second kappa shape index (κ2) is 8.86. The second-order valence-corrected chi connectivity index (χ2v) is 3.73. The van der Waals surface area contributed by atoms with Crippen molar-refractivity contribution in [3.63, 3.8) is 0 Å². The molecule has 0 saturated carbocycles. The van der Waals surface area contributed by atoms with Crippen molar-refractivity contribution in [1.29, 1.82) is 0 Å². The molecule has 0 aromatic heterocycles. The molecule has 16 heavy (non-hydrogen) atoms. The lowest BCUT2D eigenvalue weighted by Gasteiger charge is -2.29. The molecule has 0 bridgehead atoms. The minimum absolute atomic E-state index is 0.0346. The first kappa shape index (κ1) is 15.8. The van der Waals surface area contributed by atoms with E-state index in [9.17, 15) is 15.4 Å². The summed E-state index contributed by atoms with van der Waals surface area (Å²) in [5, 5.41) is 29.3. The Bertz CT molecular complexity index is 167. The molecule has 0 spiro atoms. The first-order valence-electron chi connectivity index (χ1n) is 5.45. The maximum atomic E-state index is 9.64. The van der Waals surface area contributed by atoms with Gasteiger partial charge in [-0.05, 0) is 13.3 Å². The molecule has 0 aromatic rings. The summed E-state index contributed by atoms with van der Waals surface area (Å²) < 4.78 is 10.0. The zero-order valence-corrected chi connectivity index (χ0v) is 10.2. The molecular weight excluding hydrogens is 214 g/mol. The van der Waals surface area contributed by atoms with Gasteiger partial charge in [0.15, 0.2) is 6.23 Å². The van der Waals surface area contributed by atoms with Crippen molar-refractivity contribution in [3.05, 3.63) is 0 Å². The lowest BCUT2D eigenvalue weighted by Crippen LogP contribution is -2.46. The van der Waals surface area contributed by atoms with Gasteiger partial charge in [-0.15, -0.1) is 0 Å². The Hall–Kier alpha value is -0.240. The number of rotatable bonds is 9. The van der Waals surface area contributed by atoms with Gasteiger partial charge in [-0.25, -0.2) is 0 Å². The summed E-state index contributed by atoms with van der Waals surface area (Å²) in [7, 11) is 1.46. The number of aliphatic hydroxyl groups excluding tert-OH is 2. The van der Waals surface area contributed by atoms with Gasteiger partial charge in [0, 0.05) is 13.7 Å². The maximum Gasteiger partial charge on any atom is 0.158 e. The van der Waals surface area contributed by atoms with Crippen LogP contribution in [0.1, 0.15) is 20.3 Å². The highest BCUT2D eigenvalue weighted by Gasteiger charge is 2.24. The van der Waals surface area contributed by atoms with Crippen molar-refractivity contribution >= 4 is 0 Å². The summed E-state index contributed by atoms with van der Waals surface area (Å²) in [6.07, 6.45) is -1.70. The minimum Gasteiger partial charge on any atom is -0.389 e. The van der Waals surface area contributed by atoms with Crippen LogP contribution in [0.4, 0.5) is 0 Å². The highest BCUT2D eigenvalue weighted by molar-refractivity contribution is 4.65. The quantitative estimate of drug-likeness (QED) is 0.381. The van der Waals surface area contributed by atoms with E-state index in [2.05, 4.69) is 0 Å². The molecule has 6 heteroatoms. The van der Waals surface area contributed by atoms with Crippen molar-refractivity contribution in [2.24, 2.45) is 0 Å². The van der Waals surface area contributed by atoms with Crippen molar-refractivity contribution in [3.8, 4) is 0 Å². The summed E-state index contributed by atoms with van der Waals surface area (Å²) in [6, 6.07) is 0. The van der Waals surface area contributed by atoms with Crippen molar-refractivity contribution < 1.29 is 24.9 Å². The predicted octanol–water partition coefficient (Wildman–Crippen LogP) is -0.182. The first-order chi connectivity index (χ1) is 7.52. The van der Waals surface area contributed by atoms with Gasteiger partial charge in [0.2, 0.25) is 0 Å². The van der Waals surface area contributed by atoms with Gasteiger partial charge in [-0.2, -0.15) is 5.06 Å². The minimum atomic E-state index is -0.841. The fourth-order valence-electron chi connectivity index (χ4n) is 1.28. The van der Waals surface area contributed by atoms with Crippen LogP contribution in [0.15, 0.2) is 0 Å². The number of hydrogen-bond donors (Lipinski definition) is 3. The van der Waals surface area contributed by atoms with Gasteiger partial charge in [0.1, 0.15) is 0 Å². The van der Waals surface area contributed by atoms with E-state index in [0.29, 0.717) is 6.61 Å². The zero-order chi connectivity index (χ0) is 12.6. The van der Waals surface area contributed by atoms with Crippen LogP contribution in [0.2, 0.25) is 0 Å². The van der Waals surface area contributed by atoms with Crippen molar-refractivity contribution in [2.45, 2.75) is 38.7 Å². The van der Waals surface area contributed by atoms with Gasteiger partial charge < -0.3 is 24.9 Å². The standard InChI is InChI=1S/C10H23NO5/c1-4-5-16-10(8(2)12)11(14)6-9(13)7-15-3/h8-10,12-14H,4-7H2,1-3H3. The van der Waals surface area contributed by atoms with Crippen LogP contribution in [0.3, 0.4) is 0 Å². The molecule has 0 amide bonds. The third-order valence-electron chi connectivity index (χ3n) is 1.96. The number of aliphatic hydroxyl groups is 2. The number of methoxy groups -OCH3 is 1. The van der Waals surface area contributed by atoms with E-state index in [1.54, 1.807) is 0 Å². The van der Waals surface area contributed by atoms with E-state index < -0.39 is 18.4 Å². The third-order valence-corrected chi connectivity index (χ3v) is 1.96. The van der Waals surface area contributed by atoms with Gasteiger partial charge in [-0.3, -0.25) is 0 Å². The Labute approximate surface area is 96.3 Å². The summed E-state index contributed by atoms with van der Waals surface area (Å²) >= 11 is 0. The largest absolute Gasteiger partial charge is 0.389 e. The zero-order valence-electron chi connectivity index (χ0n) is 10.2. The van der Waals surface area contributed by atoms with Crippen LogP contribution in [0.5, 0.6) is 0 Å². The summed E-state index contributed by atoms with van der Waals surface area (Å²) in [5.41, 5.74) is 0. The van der Waals surface area contributed by atoms with E-state index in [4.69, 9.17) is 9.47 Å². The molecule has 0 fully saturated rings. The van der Waals surface area contributed by atoms with Crippen LogP contribution in [0, 0.1) is 0 Å². The number of hydroxylamine groups is 2. The fraction of sp³-hybridized carbons (Fsp3) is 1.00. The van der Waals surface area contributed by atoms with Crippen LogP contribution >= 0.6 is 0 Å². The third kappa shape index (κ3) is 6.37. The Kier molecular flexibility index (Phi) is 8.73. The lowest BCUT2D eigenvalue weighted by atomic mass is 10.3. The molecule has 3 unspecified atom stereocenters. The van der Waals surface area contributed by atoms with E-state index in [1.807, 2.05) is 6.92 Å². The molecular formula is C10H23NO5. The van der Waals surface area contributed by atoms with Gasteiger partial charge >= 0.3 is 0 Å². The van der Waals surface area contributed by atoms with E-state index in [-0.39, 0.29) is 13.2 Å². The molecule has 0 saturated heterocycles. The van der Waals surface area contributed by atoms with E-state index in [0.717, 1.165) is 11.5 Å². The predicted molar refractivity (Wildman–Crippen MR) is 58.1 cm³/mol. The summed E-state index contributed by atoms with van der Waals surface area (Å²) in [4.78, 5) is 0. The molecule has 0 aliphatic carbocycles. The summed E-state index contributed by atoms with van der Waals surface area (Å²) in [6.45, 7) is 3.98. The normalized spacial score (nSPS) is 17.4. The highest BCUT2D eigenvalue weighted by atomic mass is 16.6. The van der Waals surface area contributed by atoms with Crippen LogP contribution in [-0.4, -0.2) is 65.8 Å². The van der Waals surface area contributed by atoms with Gasteiger partial charge in [0.25, 0.3) is 0 Å². The smallest absolute Gasteiger partial charge is 0.158 e. The number of nitrogens with zero attached hydrogens (tertiary/aromatic N) is 1. The Morgan fingerprint density at radius 2 is 1.94 bits per heavy atom. The average Bonchev–Trinajstić information content (AvgIpc) is 2.17. The summed E-state index contributed by atoms with van der Waals surface area (Å²) in [5.74, 6) is 0. The first-order valence-corrected chi connectivity index (χ1v) is 5.45. The van der Waals surface area contributed by atoms with E-state index >= 15 is 0 Å². The molecule has 0 rings (SSSR count). The van der Waals surface area contributed by atoms with Gasteiger partial charge in [0.05, 0.1) is 25.4 Å². The molecule has 3 N–H and O–H groups in total. The molecule has 0 aromatic carbocycles. The topological polar surface area (TPSA) is 82.4 Å². The molecule has 3 atom stereocenters. The van der Waals surface area contributed by atoms with Crippen LogP contribution in [0.25, 0.3) is 0 Å². The van der Waals surface area contributed by atoms with Crippen LogP contribution < -0.4 is 0 Å². The lowest BCUT2D eigenvalue weighted by molar-refractivity contribution is -0.253. The molecule has 0 aliphatic heterocycles. The Morgan fingerprint density at radius 1 is 1.31 bits per heavy atom. The van der Waals surface area contributed by atoms with Crippen LogP contribution in [-0.2, 0) is 9.47 Å². The van der Waals surface area contributed by atoms with Crippen molar-refractivity contribution in [2.75, 3.05) is 26.9 Å². The molecule has 0 heterocycles. The molecule has 0 radical (unpaired) electrons. The Morgan fingerprint density at radius 3 is 2.38 bits per heavy atom.